The molecule has 138 valence electrons. The second kappa shape index (κ2) is 7.83. The van der Waals surface area contributed by atoms with Gasteiger partial charge < -0.3 is 14.7 Å². The van der Waals surface area contributed by atoms with Gasteiger partial charge in [-0.05, 0) is 70.4 Å². The first kappa shape index (κ1) is 18.3. The van der Waals surface area contributed by atoms with Crippen molar-refractivity contribution < 1.29 is 9.18 Å². The Morgan fingerprint density at radius 3 is 2.56 bits per heavy atom. The molecule has 4 nitrogen and oxygen atoms in total. The molecule has 5 heteroatoms. The summed E-state index contributed by atoms with van der Waals surface area (Å²) < 4.78 is 14.0. The van der Waals surface area contributed by atoms with Crippen LogP contribution in [0, 0.1) is 11.2 Å². The average molecular weight is 347 g/mol. The van der Waals surface area contributed by atoms with Gasteiger partial charge in [0, 0.05) is 26.2 Å². The lowest BCUT2D eigenvalue weighted by Gasteiger charge is -2.47. The summed E-state index contributed by atoms with van der Waals surface area (Å²) in [6.45, 7) is 5.94. The quantitative estimate of drug-likeness (QED) is 0.838. The maximum absolute atomic E-state index is 14.0. The van der Waals surface area contributed by atoms with Crippen LogP contribution in [0.3, 0.4) is 0 Å². The molecule has 2 saturated heterocycles. The van der Waals surface area contributed by atoms with Crippen molar-refractivity contribution in [3.63, 3.8) is 0 Å². The van der Waals surface area contributed by atoms with Gasteiger partial charge in [0.25, 0.3) is 5.91 Å². The maximum atomic E-state index is 14.0. The Kier molecular flexibility index (Phi) is 5.74. The third-order valence-corrected chi connectivity index (χ3v) is 5.83. The number of halogens is 1. The number of likely N-dealkylation sites (N-methyl/N-ethyl adjacent to an activating group) is 1. The van der Waals surface area contributed by atoms with Crippen molar-refractivity contribution in [1.29, 1.82) is 0 Å². The molecule has 0 aromatic heterocycles. The van der Waals surface area contributed by atoms with Crippen LogP contribution in [0.15, 0.2) is 24.3 Å². The van der Waals surface area contributed by atoms with Gasteiger partial charge >= 0.3 is 0 Å². The van der Waals surface area contributed by atoms with E-state index >= 15 is 0 Å². The van der Waals surface area contributed by atoms with Crippen molar-refractivity contribution in [2.24, 2.45) is 5.41 Å². The molecule has 2 aliphatic rings. The van der Waals surface area contributed by atoms with Gasteiger partial charge in [-0.1, -0.05) is 12.1 Å². The third kappa shape index (κ3) is 4.39. The minimum atomic E-state index is -0.411. The van der Waals surface area contributed by atoms with E-state index in [1.807, 2.05) is 4.90 Å². The second-order valence-corrected chi connectivity index (χ2v) is 7.96. The fraction of sp³-hybridized carbons (Fsp3) is 0.650. The average Bonchev–Trinajstić information content (AvgIpc) is 2.61. The van der Waals surface area contributed by atoms with E-state index in [4.69, 9.17) is 0 Å². The molecule has 0 aliphatic carbocycles. The molecule has 0 N–H and O–H groups in total. The van der Waals surface area contributed by atoms with E-state index in [9.17, 15) is 9.18 Å². The molecule has 0 bridgehead atoms. The number of amides is 1. The highest BCUT2D eigenvalue weighted by atomic mass is 19.1. The van der Waals surface area contributed by atoms with Crippen LogP contribution < -0.4 is 0 Å². The number of nitrogens with zero attached hydrogens (tertiary/aromatic N) is 3. The Balaban J connectivity index is 1.60. The van der Waals surface area contributed by atoms with Crippen LogP contribution in [0.1, 0.15) is 36.0 Å². The van der Waals surface area contributed by atoms with E-state index in [1.165, 1.54) is 12.5 Å². The molecule has 1 aromatic carbocycles. The standard InChI is InChI=1S/C20H30FN3O/c1-22(2)14-15-23-12-9-20(10-13-23)8-5-11-24(16-20)19(25)17-6-3-4-7-18(17)21/h3-4,6-7H,5,8-16H2,1-2H3. The summed E-state index contributed by atoms with van der Waals surface area (Å²) in [5.41, 5.74) is 0.441. The smallest absolute Gasteiger partial charge is 0.256 e. The number of rotatable bonds is 4. The molecule has 2 fully saturated rings. The van der Waals surface area contributed by atoms with E-state index in [2.05, 4.69) is 23.9 Å². The van der Waals surface area contributed by atoms with Crippen molar-refractivity contribution >= 4 is 5.91 Å². The Morgan fingerprint density at radius 2 is 1.88 bits per heavy atom. The number of hydrogen-bond donors (Lipinski definition) is 0. The number of benzene rings is 1. The Morgan fingerprint density at radius 1 is 1.16 bits per heavy atom. The van der Waals surface area contributed by atoms with E-state index in [0.29, 0.717) is 0 Å². The molecule has 2 heterocycles. The van der Waals surface area contributed by atoms with Gasteiger partial charge in [-0.3, -0.25) is 4.79 Å². The van der Waals surface area contributed by atoms with Crippen LogP contribution in [0.25, 0.3) is 0 Å². The monoisotopic (exact) mass is 347 g/mol. The number of carbonyl (C=O) groups excluding carboxylic acids is 1. The zero-order valence-electron chi connectivity index (χ0n) is 15.5. The minimum Gasteiger partial charge on any atom is -0.338 e. The Bertz CT molecular complexity index is 596. The van der Waals surface area contributed by atoms with Crippen molar-refractivity contribution in [1.82, 2.24) is 14.7 Å². The zero-order valence-corrected chi connectivity index (χ0v) is 15.5. The highest BCUT2D eigenvalue weighted by Crippen LogP contribution is 2.40. The lowest BCUT2D eigenvalue weighted by Crippen LogP contribution is -2.51. The van der Waals surface area contributed by atoms with Crippen LogP contribution in [-0.2, 0) is 0 Å². The molecular formula is C20H30FN3O. The van der Waals surface area contributed by atoms with Crippen molar-refractivity contribution in [2.45, 2.75) is 25.7 Å². The Hall–Kier alpha value is -1.46. The maximum Gasteiger partial charge on any atom is 0.256 e. The van der Waals surface area contributed by atoms with Crippen molar-refractivity contribution in [3.05, 3.63) is 35.6 Å². The van der Waals surface area contributed by atoms with Crippen LogP contribution >= 0.6 is 0 Å². The first-order valence-electron chi connectivity index (χ1n) is 9.40. The SMILES string of the molecule is CN(C)CCN1CCC2(CCCN(C(=O)c3ccccc3F)C2)CC1. The van der Waals surface area contributed by atoms with Crippen LogP contribution in [0.2, 0.25) is 0 Å². The van der Waals surface area contributed by atoms with E-state index in [-0.39, 0.29) is 16.9 Å². The molecule has 0 atom stereocenters. The van der Waals surface area contributed by atoms with Gasteiger partial charge in [0.1, 0.15) is 5.82 Å². The van der Waals surface area contributed by atoms with Crippen LogP contribution in [-0.4, -0.2) is 74.0 Å². The predicted octanol–water partition coefficient (Wildman–Crippen LogP) is 2.71. The molecule has 3 rings (SSSR count). The molecule has 2 aliphatic heterocycles. The van der Waals surface area contributed by atoms with Gasteiger partial charge in [-0.15, -0.1) is 0 Å². The number of carbonyl (C=O) groups is 1. The predicted molar refractivity (Wildman–Crippen MR) is 98.2 cm³/mol. The first-order chi connectivity index (χ1) is 12.0. The largest absolute Gasteiger partial charge is 0.338 e. The number of piperidine rings is 2. The highest BCUT2D eigenvalue weighted by molar-refractivity contribution is 5.94. The van der Waals surface area contributed by atoms with Crippen molar-refractivity contribution in [3.8, 4) is 0 Å². The molecule has 25 heavy (non-hydrogen) atoms. The fourth-order valence-corrected chi connectivity index (χ4v) is 4.19. The third-order valence-electron chi connectivity index (χ3n) is 5.83. The minimum absolute atomic E-state index is 0.146. The lowest BCUT2D eigenvalue weighted by atomic mass is 9.72. The summed E-state index contributed by atoms with van der Waals surface area (Å²) in [7, 11) is 4.22. The zero-order chi connectivity index (χ0) is 17.9. The van der Waals surface area contributed by atoms with Gasteiger partial charge in [0.2, 0.25) is 0 Å². The Labute approximate surface area is 150 Å². The summed E-state index contributed by atoms with van der Waals surface area (Å²) in [4.78, 5) is 19.4. The van der Waals surface area contributed by atoms with Gasteiger partial charge in [-0.25, -0.2) is 4.39 Å². The summed E-state index contributed by atoms with van der Waals surface area (Å²) >= 11 is 0. The topological polar surface area (TPSA) is 26.8 Å². The lowest BCUT2D eigenvalue weighted by molar-refractivity contribution is 0.0201. The normalized spacial score (nSPS) is 21.0. The summed E-state index contributed by atoms with van der Waals surface area (Å²) in [6.07, 6.45) is 4.50. The summed E-state index contributed by atoms with van der Waals surface area (Å²) in [6, 6.07) is 6.34. The molecule has 0 radical (unpaired) electrons. The van der Waals surface area contributed by atoms with Crippen LogP contribution in [0.5, 0.6) is 0 Å². The highest BCUT2D eigenvalue weighted by Gasteiger charge is 2.39. The molecule has 0 saturated carbocycles. The fourth-order valence-electron chi connectivity index (χ4n) is 4.19. The number of likely N-dealkylation sites (tertiary alicyclic amines) is 2. The molecule has 1 aromatic rings. The van der Waals surface area contributed by atoms with Gasteiger partial charge in [0.05, 0.1) is 5.56 Å². The van der Waals surface area contributed by atoms with E-state index in [1.54, 1.807) is 18.2 Å². The molecule has 0 unspecified atom stereocenters. The van der Waals surface area contributed by atoms with E-state index in [0.717, 1.165) is 58.5 Å². The molecule has 1 amide bonds. The summed E-state index contributed by atoms with van der Waals surface area (Å²) in [5, 5.41) is 0. The first-order valence-corrected chi connectivity index (χ1v) is 9.40. The molecular weight excluding hydrogens is 317 g/mol. The number of hydrogen-bond acceptors (Lipinski definition) is 3. The van der Waals surface area contributed by atoms with Gasteiger partial charge in [-0.2, -0.15) is 0 Å². The summed E-state index contributed by atoms with van der Waals surface area (Å²) in [5.74, 6) is -0.558. The van der Waals surface area contributed by atoms with Gasteiger partial charge in [0.15, 0.2) is 0 Å². The van der Waals surface area contributed by atoms with Crippen molar-refractivity contribution in [2.75, 3.05) is 53.4 Å². The second-order valence-electron chi connectivity index (χ2n) is 7.96. The van der Waals surface area contributed by atoms with Crippen LogP contribution in [0.4, 0.5) is 4.39 Å². The molecule has 1 spiro atoms. The van der Waals surface area contributed by atoms with E-state index < -0.39 is 5.82 Å².